The van der Waals surface area contributed by atoms with E-state index in [-0.39, 0.29) is 18.4 Å². The molecule has 0 unspecified atom stereocenters. The van der Waals surface area contributed by atoms with Crippen LogP contribution in [0.2, 0.25) is 0 Å². The van der Waals surface area contributed by atoms with E-state index < -0.39 is 5.97 Å². The Morgan fingerprint density at radius 1 is 0.972 bits per heavy atom. The van der Waals surface area contributed by atoms with Gasteiger partial charge in [-0.2, -0.15) is 0 Å². The molecule has 0 saturated carbocycles. The number of amides is 1. The van der Waals surface area contributed by atoms with Crippen molar-refractivity contribution in [3.8, 4) is 17.0 Å². The van der Waals surface area contributed by atoms with E-state index >= 15 is 0 Å². The lowest BCUT2D eigenvalue weighted by Crippen LogP contribution is -2.32. The molecule has 2 N–H and O–H groups in total. The fourth-order valence-corrected chi connectivity index (χ4v) is 4.72. The zero-order valence-corrected chi connectivity index (χ0v) is 19.9. The number of carboxylic acid groups (broad SMARTS) is 1. The van der Waals surface area contributed by atoms with Gasteiger partial charge in [0.2, 0.25) is 0 Å². The molecular formula is C30H28N2O4. The Labute approximate surface area is 210 Å². The Hall–Kier alpha value is -4.19. The predicted octanol–water partition coefficient (Wildman–Crippen LogP) is 5.95. The molecule has 0 radical (unpaired) electrons. The highest BCUT2D eigenvalue weighted by molar-refractivity contribution is 5.98. The highest BCUT2D eigenvalue weighted by Gasteiger charge is 2.23. The number of pyridine rings is 1. The summed E-state index contributed by atoms with van der Waals surface area (Å²) in [4.78, 5) is 29.1. The Kier molecular flexibility index (Phi) is 6.94. The van der Waals surface area contributed by atoms with Crippen molar-refractivity contribution in [1.82, 2.24) is 10.3 Å². The number of unbranched alkanes of at least 4 members (excludes halogenated alkanes) is 1. The molecule has 1 aromatic heterocycles. The zero-order valence-electron chi connectivity index (χ0n) is 19.9. The minimum absolute atomic E-state index is 0.0958. The molecule has 3 aromatic carbocycles. The average molecular weight is 481 g/mol. The third-order valence-electron chi connectivity index (χ3n) is 6.55. The monoisotopic (exact) mass is 480 g/mol. The van der Waals surface area contributed by atoms with Gasteiger partial charge in [0.05, 0.1) is 23.9 Å². The quantitative estimate of drug-likeness (QED) is 0.304. The first-order valence-electron chi connectivity index (χ1n) is 12.3. The molecule has 182 valence electrons. The predicted molar refractivity (Wildman–Crippen MR) is 139 cm³/mol. The number of aryl methyl sites for hydroxylation is 1. The Balaban J connectivity index is 1.42. The summed E-state index contributed by atoms with van der Waals surface area (Å²) in [5.41, 5.74) is 5.36. The number of carboxylic acids is 1. The van der Waals surface area contributed by atoms with Crippen LogP contribution in [0.15, 0.2) is 78.9 Å². The number of nitrogens with one attached hydrogen (secondary N) is 1. The molecule has 1 aliphatic rings. The van der Waals surface area contributed by atoms with Gasteiger partial charge in [0.25, 0.3) is 5.91 Å². The maximum atomic E-state index is 13.2. The molecule has 4 aromatic rings. The van der Waals surface area contributed by atoms with Crippen LogP contribution in [0.3, 0.4) is 0 Å². The average Bonchev–Trinajstić information content (AvgIpc) is 2.91. The summed E-state index contributed by atoms with van der Waals surface area (Å²) in [6, 6.07) is 25.4. The molecule has 6 nitrogen and oxygen atoms in total. The molecule has 0 spiro atoms. The van der Waals surface area contributed by atoms with Crippen molar-refractivity contribution in [2.75, 3.05) is 6.61 Å². The van der Waals surface area contributed by atoms with Gasteiger partial charge in [0.15, 0.2) is 0 Å². The summed E-state index contributed by atoms with van der Waals surface area (Å²) in [6.45, 7) is 0.567. The van der Waals surface area contributed by atoms with Gasteiger partial charge in [-0.25, -0.2) is 4.98 Å². The van der Waals surface area contributed by atoms with Crippen molar-refractivity contribution < 1.29 is 19.4 Å². The highest BCUT2D eigenvalue weighted by Crippen LogP contribution is 2.32. The zero-order chi connectivity index (χ0) is 24.9. The number of ether oxygens (including phenoxy) is 1. The summed E-state index contributed by atoms with van der Waals surface area (Å²) in [6.07, 6.45) is 2.95. The number of carbonyl (C=O) groups excluding carboxylic acids is 1. The Morgan fingerprint density at radius 2 is 1.78 bits per heavy atom. The number of para-hydroxylation sites is 1. The van der Waals surface area contributed by atoms with Crippen molar-refractivity contribution in [3.63, 3.8) is 0 Å². The third-order valence-corrected chi connectivity index (χ3v) is 6.55. The van der Waals surface area contributed by atoms with Crippen molar-refractivity contribution in [1.29, 1.82) is 0 Å². The molecule has 0 fully saturated rings. The van der Waals surface area contributed by atoms with Crippen LogP contribution in [0, 0.1) is 0 Å². The van der Waals surface area contributed by atoms with E-state index in [1.807, 2.05) is 72.8 Å². The van der Waals surface area contributed by atoms with Crippen molar-refractivity contribution in [2.24, 2.45) is 0 Å². The van der Waals surface area contributed by atoms with Crippen LogP contribution in [0.25, 0.3) is 22.2 Å². The van der Waals surface area contributed by atoms with E-state index in [4.69, 9.17) is 14.8 Å². The molecule has 0 bridgehead atoms. The molecule has 1 atom stereocenters. The first-order chi connectivity index (χ1) is 17.6. The number of hydrogen-bond acceptors (Lipinski definition) is 4. The number of rotatable bonds is 8. The van der Waals surface area contributed by atoms with Gasteiger partial charge in [-0.3, -0.25) is 9.59 Å². The van der Waals surface area contributed by atoms with E-state index in [1.54, 1.807) is 0 Å². The first-order valence-corrected chi connectivity index (χ1v) is 12.3. The molecule has 0 aliphatic carbocycles. The van der Waals surface area contributed by atoms with Gasteiger partial charge >= 0.3 is 5.97 Å². The molecule has 1 aliphatic heterocycles. The fourth-order valence-electron chi connectivity index (χ4n) is 4.72. The second-order valence-corrected chi connectivity index (χ2v) is 9.07. The largest absolute Gasteiger partial charge is 0.493 e. The van der Waals surface area contributed by atoms with Crippen molar-refractivity contribution in [2.45, 2.75) is 38.1 Å². The van der Waals surface area contributed by atoms with Crippen LogP contribution in [0.5, 0.6) is 5.75 Å². The summed E-state index contributed by atoms with van der Waals surface area (Å²) >= 11 is 0. The van der Waals surface area contributed by atoms with Gasteiger partial charge in [0.1, 0.15) is 5.75 Å². The minimum atomic E-state index is -0.780. The number of fused-ring (bicyclic) bond motifs is 2. The lowest BCUT2D eigenvalue weighted by molar-refractivity contribution is -0.137. The third kappa shape index (κ3) is 5.23. The molecule has 5 rings (SSSR count). The van der Waals surface area contributed by atoms with E-state index in [9.17, 15) is 9.59 Å². The minimum Gasteiger partial charge on any atom is -0.493 e. The van der Waals surface area contributed by atoms with Crippen LogP contribution < -0.4 is 10.1 Å². The van der Waals surface area contributed by atoms with E-state index in [0.717, 1.165) is 58.3 Å². The number of nitrogens with zero attached hydrogens (tertiary/aromatic N) is 1. The van der Waals surface area contributed by atoms with E-state index in [1.165, 1.54) is 0 Å². The van der Waals surface area contributed by atoms with Gasteiger partial charge in [-0.15, -0.1) is 0 Å². The SMILES string of the molecule is O=C(O)CCCCc1cc2cc(C(=O)N[C@H]3CCOc4ccccc43)ccc2nc1-c1ccccc1. The Bertz CT molecular complexity index is 1400. The fraction of sp³-hybridized carbons (Fsp3) is 0.233. The summed E-state index contributed by atoms with van der Waals surface area (Å²) < 4.78 is 5.72. The van der Waals surface area contributed by atoms with Crippen LogP contribution in [-0.4, -0.2) is 28.6 Å². The lowest BCUT2D eigenvalue weighted by Gasteiger charge is -2.26. The number of hydrogen-bond donors (Lipinski definition) is 2. The second-order valence-electron chi connectivity index (χ2n) is 9.07. The standard InChI is InChI=1S/C30H28N2O4/c33-28(34)13-7-4-10-21-18-23-19-22(14-15-25(23)31-29(21)20-8-2-1-3-9-20)30(35)32-26-16-17-36-27-12-6-5-11-24(26)27/h1-3,5-6,8-9,11-12,14-15,18-19,26H,4,7,10,13,16-17H2,(H,32,35)(H,33,34)/t26-/m0/s1. The molecule has 2 heterocycles. The van der Waals surface area contributed by atoms with Crippen LogP contribution in [0.1, 0.15) is 53.2 Å². The molecule has 6 heteroatoms. The summed E-state index contributed by atoms with van der Waals surface area (Å²) in [5, 5.41) is 13.0. The number of aromatic nitrogens is 1. The maximum absolute atomic E-state index is 13.2. The maximum Gasteiger partial charge on any atom is 0.303 e. The number of benzene rings is 3. The van der Waals surface area contributed by atoms with Gasteiger partial charge in [-0.05, 0) is 55.2 Å². The highest BCUT2D eigenvalue weighted by atomic mass is 16.5. The normalized spacial score (nSPS) is 14.6. The molecule has 36 heavy (non-hydrogen) atoms. The van der Waals surface area contributed by atoms with Gasteiger partial charge < -0.3 is 15.2 Å². The number of aliphatic carboxylic acids is 1. The van der Waals surface area contributed by atoms with E-state index in [2.05, 4.69) is 11.4 Å². The van der Waals surface area contributed by atoms with Crippen molar-refractivity contribution >= 4 is 22.8 Å². The smallest absolute Gasteiger partial charge is 0.303 e. The van der Waals surface area contributed by atoms with Crippen LogP contribution >= 0.6 is 0 Å². The molecular weight excluding hydrogens is 452 g/mol. The van der Waals surface area contributed by atoms with Crippen molar-refractivity contribution in [3.05, 3.63) is 95.6 Å². The first kappa shape index (κ1) is 23.5. The lowest BCUT2D eigenvalue weighted by atomic mass is 9.97. The van der Waals surface area contributed by atoms with E-state index in [0.29, 0.717) is 18.6 Å². The Morgan fingerprint density at radius 3 is 2.61 bits per heavy atom. The molecule has 0 saturated heterocycles. The summed E-state index contributed by atoms with van der Waals surface area (Å²) in [7, 11) is 0. The second kappa shape index (κ2) is 10.6. The summed E-state index contributed by atoms with van der Waals surface area (Å²) in [5.74, 6) is -0.0933. The van der Waals surface area contributed by atoms with Crippen LogP contribution in [0.4, 0.5) is 0 Å². The van der Waals surface area contributed by atoms with Gasteiger partial charge in [-0.1, -0.05) is 48.5 Å². The van der Waals surface area contributed by atoms with Crippen LogP contribution in [-0.2, 0) is 11.2 Å². The topological polar surface area (TPSA) is 88.5 Å². The molecule has 1 amide bonds. The van der Waals surface area contributed by atoms with Gasteiger partial charge in [0, 0.05) is 34.9 Å². The number of carbonyl (C=O) groups is 2.